The van der Waals surface area contributed by atoms with Crippen LogP contribution in [0.25, 0.3) is 0 Å². The third-order valence-corrected chi connectivity index (χ3v) is 10.9. The van der Waals surface area contributed by atoms with E-state index in [1.807, 2.05) is 26.2 Å². The molecule has 0 bridgehead atoms. The number of likely N-dealkylation sites (tertiary alicyclic amines) is 1. The highest BCUT2D eigenvalue weighted by atomic mass is 32.2. The number of hydrogen-bond donors (Lipinski definition) is 8. The zero-order chi connectivity index (χ0) is 45.2. The number of carboxylic acid groups (broad SMARTS) is 1. The largest absolute Gasteiger partial charge is 0.480 e. The summed E-state index contributed by atoms with van der Waals surface area (Å²) in [4.78, 5) is 108. The molecule has 1 aliphatic rings. The monoisotopic (exact) mass is 866 g/mol. The molecule has 1 fully saturated rings. The number of primary amides is 1. The number of aliphatic carboxylic acids is 1. The first-order valence-electron chi connectivity index (χ1n) is 20.6. The van der Waals surface area contributed by atoms with Gasteiger partial charge >= 0.3 is 5.97 Å². The zero-order valence-electron chi connectivity index (χ0n) is 35.6. The number of hydrogen-bond acceptors (Lipinski definition) is 10. The van der Waals surface area contributed by atoms with Crippen molar-refractivity contribution in [3.63, 3.8) is 0 Å². The fraction of sp³-hybridized carbons (Fsp3) is 0.535. The molecule has 2 aromatic carbocycles. The number of amides is 7. The van der Waals surface area contributed by atoms with Crippen molar-refractivity contribution < 1.29 is 43.5 Å². The molecule has 1 saturated heterocycles. The van der Waals surface area contributed by atoms with Crippen LogP contribution in [-0.2, 0) is 51.2 Å². The summed E-state index contributed by atoms with van der Waals surface area (Å²) in [6, 6.07) is 9.74. The second kappa shape index (κ2) is 24.7. The minimum atomic E-state index is -1.60. The molecule has 0 aliphatic carbocycles. The Bertz CT molecular complexity index is 1820. The van der Waals surface area contributed by atoms with E-state index in [-0.39, 0.29) is 38.1 Å². The molecular formula is C43H62N8O9S. The van der Waals surface area contributed by atoms with Crippen molar-refractivity contribution >= 4 is 59.1 Å². The topological polar surface area (TPSA) is 272 Å². The molecule has 334 valence electrons. The highest BCUT2D eigenvalue weighted by Gasteiger charge is 2.40. The minimum absolute atomic E-state index is 0.00542. The fourth-order valence-electron chi connectivity index (χ4n) is 6.96. The Morgan fingerprint density at radius 2 is 1.28 bits per heavy atom. The van der Waals surface area contributed by atoms with E-state index < -0.39 is 102 Å². The number of carboxylic acids is 1. The Morgan fingerprint density at radius 1 is 0.738 bits per heavy atom. The van der Waals surface area contributed by atoms with Crippen molar-refractivity contribution in [2.45, 2.75) is 115 Å². The molecule has 0 spiro atoms. The van der Waals surface area contributed by atoms with E-state index in [0.717, 1.165) is 5.56 Å². The minimum Gasteiger partial charge on any atom is -0.480 e. The van der Waals surface area contributed by atoms with Gasteiger partial charge in [-0.15, -0.1) is 0 Å². The Morgan fingerprint density at radius 3 is 1.80 bits per heavy atom. The maximum absolute atomic E-state index is 14.3. The van der Waals surface area contributed by atoms with E-state index in [1.165, 1.54) is 4.90 Å². The van der Waals surface area contributed by atoms with Gasteiger partial charge in [-0.3, -0.25) is 33.6 Å². The highest BCUT2D eigenvalue weighted by molar-refractivity contribution is 7.98. The van der Waals surface area contributed by atoms with Gasteiger partial charge in [0.05, 0.1) is 12.5 Å². The average molecular weight is 867 g/mol. The molecule has 2 aromatic rings. The molecule has 0 saturated carbocycles. The summed E-state index contributed by atoms with van der Waals surface area (Å²) < 4.78 is 0. The Labute approximate surface area is 361 Å². The van der Waals surface area contributed by atoms with Crippen molar-refractivity contribution in [3.8, 4) is 0 Å². The quantitative estimate of drug-likeness (QED) is 0.0725. The summed E-state index contributed by atoms with van der Waals surface area (Å²) in [6.45, 7) is 7.36. The lowest BCUT2D eigenvalue weighted by Gasteiger charge is -2.31. The SMILES string of the molecule is CSCC[C@H](N)C(=O)N[C@@H](CC(C)C)C(=O)N[C@@H](Cc1ccccc1)C(=O)N[C@H](C(=O)N[C@@H](Cc1ccccc1)C(=O)N1CCC[C@H]1C(=O)N[C@@H](CC(N)=O)C(=O)O)C(C)C. The number of thioether (sulfide) groups is 1. The van der Waals surface area contributed by atoms with Crippen LogP contribution in [0.2, 0.25) is 0 Å². The third kappa shape index (κ3) is 16.1. The molecular weight excluding hydrogens is 805 g/mol. The number of carbonyl (C=O) groups is 8. The maximum atomic E-state index is 14.3. The number of nitrogens with one attached hydrogen (secondary N) is 5. The van der Waals surface area contributed by atoms with Gasteiger partial charge in [0, 0.05) is 19.4 Å². The number of nitrogens with zero attached hydrogens (tertiary/aromatic N) is 1. The van der Waals surface area contributed by atoms with Crippen molar-refractivity contribution in [3.05, 3.63) is 71.8 Å². The molecule has 18 heteroatoms. The average Bonchev–Trinajstić information content (AvgIpc) is 3.71. The first kappa shape index (κ1) is 49.9. The van der Waals surface area contributed by atoms with Crippen LogP contribution in [0.3, 0.4) is 0 Å². The van der Waals surface area contributed by atoms with Gasteiger partial charge in [0.2, 0.25) is 41.4 Å². The lowest BCUT2D eigenvalue weighted by molar-refractivity contribution is -0.146. The lowest BCUT2D eigenvalue weighted by Crippen LogP contribution is -2.61. The van der Waals surface area contributed by atoms with Crippen molar-refractivity contribution in [1.29, 1.82) is 0 Å². The van der Waals surface area contributed by atoms with E-state index in [4.69, 9.17) is 11.5 Å². The Kier molecular flexibility index (Phi) is 20.2. The summed E-state index contributed by atoms with van der Waals surface area (Å²) >= 11 is 1.55. The molecule has 10 N–H and O–H groups in total. The summed E-state index contributed by atoms with van der Waals surface area (Å²) in [5, 5.41) is 23.1. The summed E-state index contributed by atoms with van der Waals surface area (Å²) in [5.41, 5.74) is 12.7. The van der Waals surface area contributed by atoms with Crippen LogP contribution in [0.5, 0.6) is 0 Å². The van der Waals surface area contributed by atoms with Crippen LogP contribution in [0.4, 0.5) is 0 Å². The Hall–Kier alpha value is -5.49. The van der Waals surface area contributed by atoms with E-state index in [2.05, 4.69) is 26.6 Å². The number of rotatable bonds is 24. The van der Waals surface area contributed by atoms with Crippen LogP contribution in [0.15, 0.2) is 60.7 Å². The van der Waals surface area contributed by atoms with Gasteiger partial charge in [-0.25, -0.2) is 4.79 Å². The van der Waals surface area contributed by atoms with Gasteiger partial charge in [-0.1, -0.05) is 88.4 Å². The molecule has 7 atom stereocenters. The molecule has 0 unspecified atom stereocenters. The third-order valence-electron chi connectivity index (χ3n) is 10.2. The van der Waals surface area contributed by atoms with Gasteiger partial charge in [-0.2, -0.15) is 11.8 Å². The van der Waals surface area contributed by atoms with Crippen molar-refractivity contribution in [2.24, 2.45) is 23.3 Å². The van der Waals surface area contributed by atoms with Gasteiger partial charge in [0.25, 0.3) is 0 Å². The molecule has 0 radical (unpaired) electrons. The lowest BCUT2D eigenvalue weighted by atomic mass is 9.98. The van der Waals surface area contributed by atoms with Gasteiger partial charge < -0.3 is 48.1 Å². The van der Waals surface area contributed by atoms with Crippen LogP contribution in [0, 0.1) is 11.8 Å². The van der Waals surface area contributed by atoms with Crippen LogP contribution in [0.1, 0.15) is 70.9 Å². The molecule has 1 heterocycles. The van der Waals surface area contributed by atoms with Crippen molar-refractivity contribution in [2.75, 3.05) is 18.6 Å². The summed E-state index contributed by atoms with van der Waals surface area (Å²) in [6.07, 6.45) is 2.63. The molecule has 1 aliphatic heterocycles. The normalized spacial score (nSPS) is 16.7. The van der Waals surface area contributed by atoms with E-state index in [0.29, 0.717) is 24.2 Å². The predicted octanol–water partition coefficient (Wildman–Crippen LogP) is 0.629. The number of carbonyl (C=O) groups excluding carboxylic acids is 7. The maximum Gasteiger partial charge on any atom is 0.326 e. The van der Waals surface area contributed by atoms with Crippen molar-refractivity contribution in [1.82, 2.24) is 31.5 Å². The van der Waals surface area contributed by atoms with E-state index >= 15 is 0 Å². The van der Waals surface area contributed by atoms with Gasteiger partial charge in [-0.05, 0) is 60.7 Å². The molecule has 0 aromatic heterocycles. The molecule has 7 amide bonds. The zero-order valence-corrected chi connectivity index (χ0v) is 36.4. The number of nitrogens with two attached hydrogens (primary N) is 2. The van der Waals surface area contributed by atoms with Crippen LogP contribution >= 0.6 is 11.8 Å². The second-order valence-electron chi connectivity index (χ2n) is 16.1. The smallest absolute Gasteiger partial charge is 0.326 e. The predicted molar refractivity (Wildman–Crippen MR) is 231 cm³/mol. The first-order valence-corrected chi connectivity index (χ1v) is 22.0. The van der Waals surface area contributed by atoms with Crippen LogP contribution < -0.4 is 38.1 Å². The Balaban J connectivity index is 1.89. The summed E-state index contributed by atoms with van der Waals surface area (Å²) in [5.74, 6) is -6.09. The van der Waals surface area contributed by atoms with Gasteiger partial charge in [0.1, 0.15) is 36.3 Å². The van der Waals surface area contributed by atoms with E-state index in [1.54, 1.807) is 80.2 Å². The molecule has 61 heavy (non-hydrogen) atoms. The number of benzene rings is 2. The molecule has 17 nitrogen and oxygen atoms in total. The molecule has 3 rings (SSSR count). The second-order valence-corrected chi connectivity index (χ2v) is 17.1. The van der Waals surface area contributed by atoms with Gasteiger partial charge in [0.15, 0.2) is 0 Å². The standard InChI is InChI=1S/C43H62N8O9S/c1-25(2)21-30(46-37(53)29(44)18-20-61-5)38(54)47-31(22-27-13-8-6-9-14-27)39(55)50-36(26(3)4)41(57)48-32(23-28-15-10-7-11-16-28)42(58)51-19-12-17-34(51)40(56)49-33(43(59)60)24-35(45)52/h6-11,13-16,25-26,29-34,36H,12,17-24,44H2,1-5H3,(H2,45,52)(H,46,53)(H,47,54)(H,48,57)(H,49,56)(H,50,55)(H,59,60)/t29-,30-,31-,32-,33-,34-,36-/m0/s1. The summed E-state index contributed by atoms with van der Waals surface area (Å²) in [7, 11) is 0. The van der Waals surface area contributed by atoms with E-state index in [9.17, 15) is 43.5 Å². The highest BCUT2D eigenvalue weighted by Crippen LogP contribution is 2.21. The first-order chi connectivity index (χ1) is 28.9. The fourth-order valence-corrected chi connectivity index (χ4v) is 7.45. The van der Waals surface area contributed by atoms with Crippen LogP contribution in [-0.4, -0.2) is 118 Å².